The number of allylic oxidation sites excluding steroid dienone is 1. The van der Waals surface area contributed by atoms with Crippen LogP contribution in [-0.2, 0) is 4.79 Å². The van der Waals surface area contributed by atoms with E-state index in [1.54, 1.807) is 7.11 Å². The molecule has 1 aliphatic carbocycles. The molecule has 1 fully saturated rings. The van der Waals surface area contributed by atoms with E-state index < -0.39 is 5.97 Å². The van der Waals surface area contributed by atoms with E-state index in [1.807, 2.05) is 24.3 Å². The highest BCUT2D eigenvalue weighted by Gasteiger charge is 2.20. The number of carboxylic acids is 1. The third-order valence-corrected chi connectivity index (χ3v) is 3.75. The van der Waals surface area contributed by atoms with Gasteiger partial charge in [0.1, 0.15) is 5.75 Å². The van der Waals surface area contributed by atoms with Crippen LogP contribution in [0.4, 0.5) is 0 Å². The maximum absolute atomic E-state index is 11.0. The van der Waals surface area contributed by atoms with Crippen molar-refractivity contribution in [3.8, 4) is 5.75 Å². The second-order valence-electron chi connectivity index (χ2n) is 5.00. The minimum Gasteiger partial charge on any atom is -0.497 e. The molecule has 1 aromatic carbocycles. The lowest BCUT2D eigenvalue weighted by Crippen LogP contribution is -2.10. The summed E-state index contributed by atoms with van der Waals surface area (Å²) in [6.45, 7) is 0. The number of aliphatic carboxylic acids is 1. The lowest BCUT2D eigenvalue weighted by atomic mass is 9.81. The molecular weight excluding hydrogens is 240 g/mol. The summed E-state index contributed by atoms with van der Waals surface area (Å²) >= 11 is 0. The van der Waals surface area contributed by atoms with Crippen LogP contribution in [0.1, 0.15) is 37.7 Å². The molecule has 0 heterocycles. The monoisotopic (exact) mass is 260 g/mol. The fourth-order valence-corrected chi connectivity index (χ4v) is 2.77. The lowest BCUT2D eigenvalue weighted by molar-refractivity contribution is -0.131. The SMILES string of the molecule is COc1ccc(/C(=C/C(=O)O)C2CCCCC2)cc1. The zero-order valence-electron chi connectivity index (χ0n) is 11.3. The van der Waals surface area contributed by atoms with Gasteiger partial charge in [-0.1, -0.05) is 31.4 Å². The van der Waals surface area contributed by atoms with Gasteiger partial charge in [0.2, 0.25) is 0 Å². The summed E-state index contributed by atoms with van der Waals surface area (Å²) in [6.07, 6.45) is 7.20. The van der Waals surface area contributed by atoms with E-state index in [0.717, 1.165) is 29.7 Å². The molecule has 1 aromatic rings. The number of carbonyl (C=O) groups is 1. The van der Waals surface area contributed by atoms with E-state index in [-0.39, 0.29) is 0 Å². The molecule has 1 N–H and O–H groups in total. The predicted molar refractivity (Wildman–Crippen MR) is 75.2 cm³/mol. The Morgan fingerprint density at radius 2 is 1.84 bits per heavy atom. The molecule has 0 unspecified atom stereocenters. The zero-order chi connectivity index (χ0) is 13.7. The van der Waals surface area contributed by atoms with Gasteiger partial charge >= 0.3 is 5.97 Å². The van der Waals surface area contributed by atoms with Crippen LogP contribution in [0, 0.1) is 5.92 Å². The number of carboxylic acid groups (broad SMARTS) is 1. The lowest BCUT2D eigenvalue weighted by Gasteiger charge is -2.24. The number of hydrogen-bond acceptors (Lipinski definition) is 2. The van der Waals surface area contributed by atoms with Crippen molar-refractivity contribution in [1.29, 1.82) is 0 Å². The zero-order valence-corrected chi connectivity index (χ0v) is 11.3. The Labute approximate surface area is 113 Å². The molecule has 102 valence electrons. The molecule has 1 aliphatic rings. The highest BCUT2D eigenvalue weighted by molar-refractivity contribution is 5.90. The second kappa shape index (κ2) is 6.41. The van der Waals surface area contributed by atoms with Gasteiger partial charge in [-0.2, -0.15) is 0 Å². The number of benzene rings is 1. The van der Waals surface area contributed by atoms with Crippen LogP contribution in [0.5, 0.6) is 5.75 Å². The van der Waals surface area contributed by atoms with E-state index in [4.69, 9.17) is 9.84 Å². The third kappa shape index (κ3) is 3.60. The molecule has 0 spiro atoms. The van der Waals surface area contributed by atoms with Crippen LogP contribution in [0.25, 0.3) is 5.57 Å². The molecule has 3 heteroatoms. The number of hydrogen-bond donors (Lipinski definition) is 1. The molecule has 0 atom stereocenters. The highest BCUT2D eigenvalue weighted by atomic mass is 16.5. The topological polar surface area (TPSA) is 46.5 Å². The minimum absolute atomic E-state index is 0.373. The molecular formula is C16H20O3. The van der Waals surface area contributed by atoms with Gasteiger partial charge in [0.05, 0.1) is 7.11 Å². The maximum Gasteiger partial charge on any atom is 0.328 e. The van der Waals surface area contributed by atoms with Gasteiger partial charge in [-0.3, -0.25) is 0 Å². The average molecular weight is 260 g/mol. The largest absolute Gasteiger partial charge is 0.497 e. The third-order valence-electron chi connectivity index (χ3n) is 3.75. The smallest absolute Gasteiger partial charge is 0.328 e. The van der Waals surface area contributed by atoms with Crippen LogP contribution in [0.2, 0.25) is 0 Å². The maximum atomic E-state index is 11.0. The van der Waals surface area contributed by atoms with Crippen LogP contribution in [0.3, 0.4) is 0 Å². The molecule has 0 aliphatic heterocycles. The first-order valence-corrected chi connectivity index (χ1v) is 6.79. The molecule has 2 rings (SSSR count). The summed E-state index contributed by atoms with van der Waals surface area (Å²) in [5, 5.41) is 9.08. The van der Waals surface area contributed by atoms with Crippen molar-refractivity contribution in [3.05, 3.63) is 35.9 Å². The summed E-state index contributed by atoms with van der Waals surface area (Å²) in [5.41, 5.74) is 1.95. The number of methoxy groups -OCH3 is 1. The van der Waals surface area contributed by atoms with Crippen LogP contribution >= 0.6 is 0 Å². The van der Waals surface area contributed by atoms with Crippen molar-refractivity contribution in [2.24, 2.45) is 5.92 Å². The Kier molecular flexibility index (Phi) is 4.61. The van der Waals surface area contributed by atoms with Gasteiger partial charge in [0.15, 0.2) is 0 Å². The summed E-state index contributed by atoms with van der Waals surface area (Å²) in [4.78, 5) is 11.0. The van der Waals surface area contributed by atoms with Gasteiger partial charge in [0.25, 0.3) is 0 Å². The normalized spacial score (nSPS) is 17.2. The molecule has 19 heavy (non-hydrogen) atoms. The Morgan fingerprint density at radius 1 is 1.21 bits per heavy atom. The van der Waals surface area contributed by atoms with Crippen molar-refractivity contribution in [2.75, 3.05) is 7.11 Å². The molecule has 1 saturated carbocycles. The number of rotatable bonds is 4. The Hall–Kier alpha value is -1.77. The van der Waals surface area contributed by atoms with Crippen LogP contribution in [0.15, 0.2) is 30.3 Å². The van der Waals surface area contributed by atoms with Crippen LogP contribution < -0.4 is 4.74 Å². The molecule has 0 saturated heterocycles. The Morgan fingerprint density at radius 3 is 2.37 bits per heavy atom. The summed E-state index contributed by atoms with van der Waals surface area (Å²) in [7, 11) is 1.63. The fraction of sp³-hybridized carbons (Fsp3) is 0.438. The standard InChI is InChI=1S/C16H20O3/c1-19-14-9-7-13(8-10-14)15(11-16(17)18)12-5-3-2-4-6-12/h7-12H,2-6H2,1H3,(H,17,18)/b15-11+. The van der Waals surface area contributed by atoms with Gasteiger partial charge < -0.3 is 9.84 Å². The van der Waals surface area contributed by atoms with Gasteiger partial charge in [0, 0.05) is 6.08 Å². The average Bonchev–Trinajstić information content (AvgIpc) is 2.46. The van der Waals surface area contributed by atoms with Crippen molar-refractivity contribution in [3.63, 3.8) is 0 Å². The molecule has 0 bridgehead atoms. The number of ether oxygens (including phenoxy) is 1. The minimum atomic E-state index is -0.864. The van der Waals surface area contributed by atoms with Crippen LogP contribution in [-0.4, -0.2) is 18.2 Å². The summed E-state index contributed by atoms with van der Waals surface area (Å²) in [6, 6.07) is 7.66. The molecule has 0 aromatic heterocycles. The fourth-order valence-electron chi connectivity index (χ4n) is 2.77. The predicted octanol–water partition coefficient (Wildman–Crippen LogP) is 3.74. The van der Waals surface area contributed by atoms with E-state index in [2.05, 4.69) is 0 Å². The van der Waals surface area contributed by atoms with Crippen molar-refractivity contribution in [2.45, 2.75) is 32.1 Å². The quantitative estimate of drug-likeness (QED) is 0.839. The van der Waals surface area contributed by atoms with E-state index >= 15 is 0 Å². The van der Waals surface area contributed by atoms with E-state index in [1.165, 1.54) is 25.3 Å². The van der Waals surface area contributed by atoms with Crippen molar-refractivity contribution >= 4 is 11.5 Å². The van der Waals surface area contributed by atoms with Gasteiger partial charge in [-0.15, -0.1) is 0 Å². The first-order valence-electron chi connectivity index (χ1n) is 6.79. The van der Waals surface area contributed by atoms with Crippen molar-refractivity contribution < 1.29 is 14.6 Å². The van der Waals surface area contributed by atoms with Gasteiger partial charge in [-0.05, 0) is 42.0 Å². The highest BCUT2D eigenvalue weighted by Crippen LogP contribution is 2.35. The Balaban J connectivity index is 2.28. The van der Waals surface area contributed by atoms with Gasteiger partial charge in [-0.25, -0.2) is 4.79 Å². The van der Waals surface area contributed by atoms with E-state index in [0.29, 0.717) is 5.92 Å². The molecule has 0 radical (unpaired) electrons. The summed E-state index contributed by atoms with van der Waals surface area (Å²) in [5.74, 6) is 0.303. The molecule has 3 nitrogen and oxygen atoms in total. The molecule has 0 amide bonds. The second-order valence-corrected chi connectivity index (χ2v) is 5.00. The Bertz CT molecular complexity index is 453. The van der Waals surface area contributed by atoms with E-state index in [9.17, 15) is 4.79 Å². The first-order chi connectivity index (χ1) is 9.20. The summed E-state index contributed by atoms with van der Waals surface area (Å²) < 4.78 is 5.14. The first kappa shape index (κ1) is 13.7. The van der Waals surface area contributed by atoms with Crippen molar-refractivity contribution in [1.82, 2.24) is 0 Å².